The molecule has 2 aliphatic rings. The van der Waals surface area contributed by atoms with Crippen LogP contribution in [0.5, 0.6) is 0 Å². The summed E-state index contributed by atoms with van der Waals surface area (Å²) in [5.74, 6) is -0.365. The van der Waals surface area contributed by atoms with Crippen molar-refractivity contribution in [3.8, 4) is 0 Å². The van der Waals surface area contributed by atoms with E-state index in [1.807, 2.05) is 0 Å². The number of hydrogen-bond donors (Lipinski definition) is 4. The van der Waals surface area contributed by atoms with Crippen molar-refractivity contribution >= 4 is 5.91 Å². The van der Waals surface area contributed by atoms with Crippen LogP contribution < -0.4 is 21.7 Å². The Morgan fingerprint density at radius 2 is 1.90 bits per heavy atom. The summed E-state index contributed by atoms with van der Waals surface area (Å²) in [6.07, 6.45) is -1.11. The lowest BCUT2D eigenvalue weighted by Gasteiger charge is -2.41. The van der Waals surface area contributed by atoms with Gasteiger partial charge in [-0.2, -0.15) is 13.2 Å². The standard InChI is InChI=1S/C22H34F3N5O/c1-21(2,3)12-16(20(26)31)29-18-11-19(28-13-27-18)30-10-4-5-17(30)14-6-8-15(9-7-14)22(23,24)25/h6-9,16-19,27-29H,4-5,10-13H2,1-3H3,(H2,26,31)/t16-,17?,18?,19?/m1/s1. The molecular formula is C22H34F3N5O. The van der Waals surface area contributed by atoms with Crippen molar-refractivity contribution in [2.75, 3.05) is 13.2 Å². The lowest BCUT2D eigenvalue weighted by atomic mass is 9.87. The van der Waals surface area contributed by atoms with E-state index in [0.717, 1.165) is 37.1 Å². The Morgan fingerprint density at radius 1 is 1.23 bits per heavy atom. The maximum atomic E-state index is 12.9. The summed E-state index contributed by atoms with van der Waals surface area (Å²) in [4.78, 5) is 14.3. The first-order chi connectivity index (χ1) is 14.4. The largest absolute Gasteiger partial charge is 0.416 e. The van der Waals surface area contributed by atoms with Crippen LogP contribution in [0, 0.1) is 5.41 Å². The number of halogens is 3. The summed E-state index contributed by atoms with van der Waals surface area (Å²) in [7, 11) is 0. The van der Waals surface area contributed by atoms with Gasteiger partial charge in [-0.1, -0.05) is 32.9 Å². The quantitative estimate of drug-likeness (QED) is 0.546. The van der Waals surface area contributed by atoms with Gasteiger partial charge in [0.2, 0.25) is 5.91 Å². The first-order valence-electron chi connectivity index (χ1n) is 10.9. The molecule has 0 bridgehead atoms. The number of hydrogen-bond acceptors (Lipinski definition) is 5. The van der Waals surface area contributed by atoms with E-state index in [1.165, 1.54) is 0 Å². The molecule has 0 aromatic heterocycles. The van der Waals surface area contributed by atoms with Crippen LogP contribution in [0.15, 0.2) is 24.3 Å². The van der Waals surface area contributed by atoms with Gasteiger partial charge in [0.05, 0.1) is 23.9 Å². The van der Waals surface area contributed by atoms with Gasteiger partial charge in [-0.05, 0) is 42.4 Å². The Morgan fingerprint density at radius 3 is 2.48 bits per heavy atom. The fourth-order valence-electron chi connectivity index (χ4n) is 4.58. The highest BCUT2D eigenvalue weighted by atomic mass is 19.4. The smallest absolute Gasteiger partial charge is 0.368 e. The minimum Gasteiger partial charge on any atom is -0.368 e. The molecule has 1 amide bonds. The van der Waals surface area contributed by atoms with Crippen LogP contribution in [-0.4, -0.2) is 42.4 Å². The number of nitrogens with zero attached hydrogens (tertiary/aromatic N) is 1. The van der Waals surface area contributed by atoms with Crippen LogP contribution in [0.1, 0.15) is 63.6 Å². The van der Waals surface area contributed by atoms with E-state index in [2.05, 4.69) is 41.6 Å². The van der Waals surface area contributed by atoms with Crippen molar-refractivity contribution < 1.29 is 18.0 Å². The third-order valence-electron chi connectivity index (χ3n) is 6.02. The molecule has 2 saturated heterocycles. The van der Waals surface area contributed by atoms with Crippen molar-refractivity contribution in [1.82, 2.24) is 20.9 Å². The molecule has 6 nitrogen and oxygen atoms in total. The predicted octanol–water partition coefficient (Wildman–Crippen LogP) is 2.91. The van der Waals surface area contributed by atoms with Gasteiger partial charge in [0, 0.05) is 25.7 Å². The van der Waals surface area contributed by atoms with Gasteiger partial charge in [-0.25, -0.2) is 0 Å². The zero-order valence-electron chi connectivity index (χ0n) is 18.4. The lowest BCUT2D eigenvalue weighted by molar-refractivity contribution is -0.137. The molecule has 0 saturated carbocycles. The predicted molar refractivity (Wildman–Crippen MR) is 114 cm³/mol. The molecule has 9 heteroatoms. The van der Waals surface area contributed by atoms with Crippen molar-refractivity contribution in [1.29, 1.82) is 0 Å². The Hall–Kier alpha value is -1.68. The van der Waals surface area contributed by atoms with Crippen LogP contribution in [-0.2, 0) is 11.0 Å². The summed E-state index contributed by atoms with van der Waals surface area (Å²) < 4.78 is 38.7. The maximum Gasteiger partial charge on any atom is 0.416 e. The summed E-state index contributed by atoms with van der Waals surface area (Å²) in [5.41, 5.74) is 5.86. The minimum atomic E-state index is -4.33. The molecule has 3 rings (SSSR count). The Bertz CT molecular complexity index is 747. The normalized spacial score (nSPS) is 26.7. The van der Waals surface area contributed by atoms with Crippen LogP contribution in [0.3, 0.4) is 0 Å². The van der Waals surface area contributed by atoms with Crippen LogP contribution in [0.4, 0.5) is 13.2 Å². The topological polar surface area (TPSA) is 82.4 Å². The average Bonchev–Trinajstić information content (AvgIpc) is 3.16. The number of alkyl halides is 3. The molecule has 2 heterocycles. The first kappa shape index (κ1) is 24.0. The third-order valence-corrected chi connectivity index (χ3v) is 6.02. The highest BCUT2D eigenvalue weighted by Crippen LogP contribution is 2.36. The maximum absolute atomic E-state index is 12.9. The van der Waals surface area contributed by atoms with E-state index < -0.39 is 17.8 Å². The number of benzene rings is 1. The Balaban J connectivity index is 1.66. The van der Waals surface area contributed by atoms with Gasteiger partial charge in [-0.15, -0.1) is 0 Å². The van der Waals surface area contributed by atoms with Gasteiger partial charge in [0.25, 0.3) is 0 Å². The fourth-order valence-corrected chi connectivity index (χ4v) is 4.58. The zero-order chi connectivity index (χ0) is 22.8. The second-order valence-corrected chi connectivity index (χ2v) is 9.79. The lowest BCUT2D eigenvalue weighted by Crippen LogP contribution is -2.63. The molecule has 2 fully saturated rings. The van der Waals surface area contributed by atoms with Crippen LogP contribution in [0.25, 0.3) is 0 Å². The van der Waals surface area contributed by atoms with E-state index in [4.69, 9.17) is 5.73 Å². The van der Waals surface area contributed by atoms with Gasteiger partial charge in [0.15, 0.2) is 0 Å². The van der Waals surface area contributed by atoms with Crippen LogP contribution in [0.2, 0.25) is 0 Å². The summed E-state index contributed by atoms with van der Waals surface area (Å²) in [6, 6.07) is 5.15. The van der Waals surface area contributed by atoms with Crippen molar-refractivity contribution in [2.24, 2.45) is 11.1 Å². The molecule has 1 aromatic rings. The molecule has 174 valence electrons. The number of rotatable bonds is 6. The molecule has 4 atom stereocenters. The number of carbonyl (C=O) groups is 1. The molecule has 31 heavy (non-hydrogen) atoms. The minimum absolute atomic E-state index is 0.0400. The number of amides is 1. The summed E-state index contributed by atoms with van der Waals surface area (Å²) in [6.45, 7) is 7.66. The van der Waals surface area contributed by atoms with Gasteiger partial charge < -0.3 is 5.73 Å². The number of nitrogens with one attached hydrogen (secondary N) is 3. The molecule has 3 unspecified atom stereocenters. The summed E-state index contributed by atoms with van der Waals surface area (Å²) in [5, 5.41) is 10.2. The molecular weight excluding hydrogens is 407 g/mol. The van der Waals surface area contributed by atoms with Crippen molar-refractivity contribution in [3.63, 3.8) is 0 Å². The van der Waals surface area contributed by atoms with E-state index in [-0.39, 0.29) is 29.7 Å². The van der Waals surface area contributed by atoms with Gasteiger partial charge >= 0.3 is 6.18 Å². The molecule has 0 spiro atoms. The molecule has 5 N–H and O–H groups in total. The van der Waals surface area contributed by atoms with E-state index in [9.17, 15) is 18.0 Å². The Kier molecular flexibility index (Phi) is 7.30. The third kappa shape index (κ3) is 6.41. The van der Waals surface area contributed by atoms with Gasteiger partial charge in [-0.3, -0.25) is 25.6 Å². The molecule has 0 aliphatic carbocycles. The molecule has 2 aliphatic heterocycles. The van der Waals surface area contributed by atoms with Crippen LogP contribution >= 0.6 is 0 Å². The van der Waals surface area contributed by atoms with Gasteiger partial charge in [0.1, 0.15) is 0 Å². The SMILES string of the molecule is CC(C)(C)C[C@@H](NC1CC(N2CCCC2c2ccc(C(F)(F)F)cc2)NCN1)C(N)=O. The molecule has 0 radical (unpaired) electrons. The van der Waals surface area contributed by atoms with Crippen molar-refractivity contribution in [2.45, 2.75) is 77.0 Å². The fraction of sp³-hybridized carbons (Fsp3) is 0.682. The number of primary amides is 1. The van der Waals surface area contributed by atoms with Crippen molar-refractivity contribution in [3.05, 3.63) is 35.4 Å². The Labute approximate surface area is 182 Å². The van der Waals surface area contributed by atoms with E-state index in [1.54, 1.807) is 12.1 Å². The summed E-state index contributed by atoms with van der Waals surface area (Å²) >= 11 is 0. The number of likely N-dealkylation sites (tertiary alicyclic amines) is 1. The second-order valence-electron chi connectivity index (χ2n) is 9.79. The average molecular weight is 442 g/mol. The molecule has 1 aromatic carbocycles. The first-order valence-corrected chi connectivity index (χ1v) is 10.9. The van der Waals surface area contributed by atoms with E-state index in [0.29, 0.717) is 19.5 Å². The number of carbonyl (C=O) groups excluding carboxylic acids is 1. The second kappa shape index (κ2) is 9.44. The highest BCUT2D eigenvalue weighted by molar-refractivity contribution is 5.79. The zero-order valence-corrected chi connectivity index (χ0v) is 18.4. The van der Waals surface area contributed by atoms with E-state index >= 15 is 0 Å². The monoisotopic (exact) mass is 441 g/mol. The highest BCUT2D eigenvalue weighted by Gasteiger charge is 2.36. The number of nitrogens with two attached hydrogens (primary N) is 1.